The average molecular weight is 518 g/mol. The molecule has 0 saturated carbocycles. The van der Waals surface area contributed by atoms with Crippen molar-refractivity contribution in [2.24, 2.45) is 5.41 Å². The van der Waals surface area contributed by atoms with Gasteiger partial charge >= 0.3 is 0 Å². The second-order valence-corrected chi connectivity index (χ2v) is 10.5. The normalized spacial score (nSPS) is 18.4. The van der Waals surface area contributed by atoms with Crippen molar-refractivity contribution in [2.75, 3.05) is 26.3 Å². The zero-order chi connectivity index (χ0) is 26.3. The fraction of sp³-hybridized carbons (Fsp3) is 0.367. The largest absolute Gasteiger partial charge is 0.381 e. The molecule has 2 saturated heterocycles. The Hall–Kier alpha value is -3.65. The second-order valence-electron chi connectivity index (χ2n) is 10.5. The predicted octanol–water partition coefficient (Wildman–Crippen LogP) is 4.89. The predicted molar refractivity (Wildman–Crippen MR) is 138 cm³/mol. The number of aromatic nitrogens is 1. The van der Waals surface area contributed by atoms with Crippen molar-refractivity contribution < 1.29 is 23.1 Å². The smallest absolute Gasteiger partial charge is 0.253 e. The van der Waals surface area contributed by atoms with E-state index in [9.17, 15) is 18.4 Å². The maximum Gasteiger partial charge on any atom is 0.253 e. The Morgan fingerprint density at radius 3 is 2.34 bits per heavy atom. The van der Waals surface area contributed by atoms with Gasteiger partial charge in [0.25, 0.3) is 11.8 Å². The Balaban J connectivity index is 1.21. The van der Waals surface area contributed by atoms with Gasteiger partial charge < -0.3 is 15.0 Å². The first-order valence-corrected chi connectivity index (χ1v) is 13.1. The number of nitrogens with one attached hydrogen (secondary N) is 1. The Morgan fingerprint density at radius 2 is 1.66 bits per heavy atom. The van der Waals surface area contributed by atoms with Gasteiger partial charge in [-0.1, -0.05) is 18.2 Å². The van der Waals surface area contributed by atoms with Crippen LogP contribution in [-0.4, -0.2) is 48.0 Å². The average Bonchev–Trinajstić information content (AvgIpc) is 3.30. The minimum Gasteiger partial charge on any atom is -0.381 e. The number of amides is 2. The molecular weight excluding hydrogens is 488 g/mol. The van der Waals surface area contributed by atoms with E-state index in [1.165, 1.54) is 18.2 Å². The number of carbonyl (C=O) groups is 2. The van der Waals surface area contributed by atoms with E-state index < -0.39 is 11.6 Å². The summed E-state index contributed by atoms with van der Waals surface area (Å²) in [5.74, 6) is -1.63. The van der Waals surface area contributed by atoms with Gasteiger partial charge in [0.05, 0.1) is 29.1 Å². The van der Waals surface area contributed by atoms with E-state index in [4.69, 9.17) is 4.74 Å². The highest BCUT2D eigenvalue weighted by Gasteiger charge is 2.37. The monoisotopic (exact) mass is 517 g/mol. The number of halogens is 2. The van der Waals surface area contributed by atoms with Gasteiger partial charge in [-0.2, -0.15) is 0 Å². The van der Waals surface area contributed by atoms with Crippen LogP contribution in [0.25, 0.3) is 11.3 Å². The maximum atomic E-state index is 14.5. The van der Waals surface area contributed by atoms with Crippen molar-refractivity contribution in [3.63, 3.8) is 0 Å². The van der Waals surface area contributed by atoms with Gasteiger partial charge in [0.15, 0.2) is 0 Å². The van der Waals surface area contributed by atoms with Crippen molar-refractivity contribution in [3.05, 3.63) is 88.1 Å². The highest BCUT2D eigenvalue weighted by Crippen LogP contribution is 2.40. The lowest BCUT2D eigenvalue weighted by Gasteiger charge is -2.44. The van der Waals surface area contributed by atoms with Crippen LogP contribution in [0.2, 0.25) is 0 Å². The lowest BCUT2D eigenvalue weighted by atomic mass is 9.72. The van der Waals surface area contributed by atoms with Gasteiger partial charge in [0, 0.05) is 31.9 Å². The van der Waals surface area contributed by atoms with Gasteiger partial charge in [-0.05, 0) is 79.0 Å². The molecule has 3 aliphatic heterocycles. The van der Waals surface area contributed by atoms with E-state index in [-0.39, 0.29) is 29.6 Å². The first-order valence-electron chi connectivity index (χ1n) is 13.1. The highest BCUT2D eigenvalue weighted by atomic mass is 19.1. The number of pyridine rings is 1. The summed E-state index contributed by atoms with van der Waals surface area (Å²) in [5, 5.41) is 2.75. The van der Waals surface area contributed by atoms with E-state index in [0.717, 1.165) is 57.6 Å². The fourth-order valence-corrected chi connectivity index (χ4v) is 5.98. The van der Waals surface area contributed by atoms with E-state index in [0.29, 0.717) is 34.2 Å². The molecule has 3 aromatic rings. The number of hydrogen-bond acceptors (Lipinski definition) is 4. The van der Waals surface area contributed by atoms with Crippen LogP contribution >= 0.6 is 0 Å². The Kier molecular flexibility index (Phi) is 6.43. The molecule has 1 aromatic heterocycles. The second kappa shape index (κ2) is 9.91. The summed E-state index contributed by atoms with van der Waals surface area (Å²) in [7, 11) is 0. The molecule has 38 heavy (non-hydrogen) atoms. The quantitative estimate of drug-likeness (QED) is 0.535. The molecule has 1 spiro atoms. The van der Waals surface area contributed by atoms with Crippen LogP contribution in [0.3, 0.4) is 0 Å². The number of rotatable bonds is 4. The topological polar surface area (TPSA) is 71.5 Å². The van der Waals surface area contributed by atoms with Crippen LogP contribution in [0.4, 0.5) is 8.78 Å². The zero-order valence-electron chi connectivity index (χ0n) is 21.1. The molecule has 0 unspecified atom stereocenters. The molecule has 6 nitrogen and oxygen atoms in total. The number of piperidine rings is 1. The number of carbonyl (C=O) groups excluding carboxylic acids is 2. The van der Waals surface area contributed by atoms with Crippen LogP contribution in [0.5, 0.6) is 0 Å². The van der Waals surface area contributed by atoms with Crippen molar-refractivity contribution in [1.29, 1.82) is 0 Å². The van der Waals surface area contributed by atoms with E-state index >= 15 is 0 Å². The molecule has 2 amide bonds. The maximum absolute atomic E-state index is 14.5. The van der Waals surface area contributed by atoms with Gasteiger partial charge in [-0.3, -0.25) is 9.59 Å². The molecule has 2 fully saturated rings. The SMILES string of the molecule is O=C1NCc2nc(-c3c(F)cccc3F)cc(Cc3ccc(C(=O)N4CCC5(CCOCC5)CC4)cc3)c21. The fourth-order valence-electron chi connectivity index (χ4n) is 5.98. The third-order valence-electron chi connectivity index (χ3n) is 8.30. The summed E-state index contributed by atoms with van der Waals surface area (Å²) in [6.07, 6.45) is 4.54. The van der Waals surface area contributed by atoms with Crippen LogP contribution in [0.15, 0.2) is 48.5 Å². The number of ether oxygens (including phenoxy) is 1. The molecule has 0 bridgehead atoms. The molecule has 4 heterocycles. The number of benzene rings is 2. The lowest BCUT2D eigenvalue weighted by molar-refractivity contribution is -0.0175. The van der Waals surface area contributed by atoms with Gasteiger partial charge in [-0.15, -0.1) is 0 Å². The van der Waals surface area contributed by atoms with Crippen LogP contribution in [-0.2, 0) is 17.7 Å². The Bertz CT molecular complexity index is 1370. The summed E-state index contributed by atoms with van der Waals surface area (Å²) in [6, 6.07) is 12.7. The van der Waals surface area contributed by atoms with Gasteiger partial charge in [-0.25, -0.2) is 13.8 Å². The highest BCUT2D eigenvalue weighted by molar-refractivity contribution is 5.99. The van der Waals surface area contributed by atoms with E-state index in [1.54, 1.807) is 6.07 Å². The van der Waals surface area contributed by atoms with E-state index in [2.05, 4.69) is 10.3 Å². The first-order chi connectivity index (χ1) is 18.4. The molecule has 1 N–H and O–H groups in total. The number of fused-ring (bicyclic) bond motifs is 1. The van der Waals surface area contributed by atoms with Crippen molar-refractivity contribution in [3.8, 4) is 11.3 Å². The molecule has 0 aliphatic carbocycles. The Morgan fingerprint density at radius 1 is 0.974 bits per heavy atom. The molecular formula is C30H29F2N3O3. The van der Waals surface area contributed by atoms with Crippen LogP contribution < -0.4 is 5.32 Å². The lowest BCUT2D eigenvalue weighted by Crippen LogP contribution is -2.45. The van der Waals surface area contributed by atoms with E-state index in [1.807, 2.05) is 29.2 Å². The minimum atomic E-state index is -0.705. The van der Waals surface area contributed by atoms with Crippen LogP contribution in [0, 0.1) is 17.0 Å². The van der Waals surface area contributed by atoms with Crippen molar-refractivity contribution >= 4 is 11.8 Å². The standard InChI is InChI=1S/C30H29F2N3O3/c31-22-2-1-3-23(32)27(22)24-17-21(26-25(34-24)18-33-28(26)36)16-19-4-6-20(7-5-19)29(37)35-12-8-30(9-13-35)10-14-38-15-11-30/h1-7,17H,8-16,18H2,(H,33,36). The summed E-state index contributed by atoms with van der Waals surface area (Å²) in [5.41, 5.74) is 3.34. The third kappa shape index (κ3) is 4.58. The summed E-state index contributed by atoms with van der Waals surface area (Å²) in [6.45, 7) is 3.36. The Labute approximate surface area is 220 Å². The summed E-state index contributed by atoms with van der Waals surface area (Å²) >= 11 is 0. The van der Waals surface area contributed by atoms with Gasteiger partial charge in [0.2, 0.25) is 0 Å². The van der Waals surface area contributed by atoms with Crippen LogP contribution in [0.1, 0.15) is 63.2 Å². The van der Waals surface area contributed by atoms with Gasteiger partial charge in [0.1, 0.15) is 11.6 Å². The van der Waals surface area contributed by atoms with Crippen molar-refractivity contribution in [1.82, 2.24) is 15.2 Å². The molecule has 0 atom stereocenters. The number of likely N-dealkylation sites (tertiary alicyclic amines) is 1. The molecule has 8 heteroatoms. The zero-order valence-corrected chi connectivity index (χ0v) is 21.1. The molecule has 6 rings (SSSR count). The van der Waals surface area contributed by atoms with Crippen molar-refractivity contribution in [2.45, 2.75) is 38.6 Å². The molecule has 3 aliphatic rings. The molecule has 0 radical (unpaired) electrons. The summed E-state index contributed by atoms with van der Waals surface area (Å²) in [4.78, 5) is 32.0. The molecule has 2 aromatic carbocycles. The molecule has 196 valence electrons. The number of nitrogens with zero attached hydrogens (tertiary/aromatic N) is 2. The first kappa shape index (κ1) is 24.7. The number of hydrogen-bond donors (Lipinski definition) is 1. The third-order valence-corrected chi connectivity index (χ3v) is 8.30. The summed E-state index contributed by atoms with van der Waals surface area (Å²) < 4.78 is 34.5. The minimum absolute atomic E-state index is 0.0277.